The van der Waals surface area contributed by atoms with Crippen molar-refractivity contribution in [2.75, 3.05) is 41.7 Å². The van der Waals surface area contributed by atoms with E-state index in [2.05, 4.69) is 0 Å². The molecule has 0 radical (unpaired) electrons. The Kier molecular flexibility index (Phi) is 7.45. The molecule has 0 unspecified atom stereocenters. The maximum Gasteiger partial charge on any atom is 0.508 e. The van der Waals surface area contributed by atoms with Crippen LogP contribution in [0.5, 0.6) is 23.0 Å². The summed E-state index contributed by atoms with van der Waals surface area (Å²) >= 11 is 0. The van der Waals surface area contributed by atoms with Crippen molar-refractivity contribution in [2.45, 2.75) is 25.7 Å². The molecule has 2 aromatic carbocycles. The van der Waals surface area contributed by atoms with Crippen LogP contribution in [0, 0.1) is 0 Å². The van der Waals surface area contributed by atoms with Gasteiger partial charge in [0.05, 0.1) is 35.0 Å². The van der Waals surface area contributed by atoms with Gasteiger partial charge in [-0.2, -0.15) is 0 Å². The molecule has 3 rings (SSSR count). The third kappa shape index (κ3) is 4.44. The van der Waals surface area contributed by atoms with Crippen LogP contribution in [0.1, 0.15) is 30.4 Å². The van der Waals surface area contributed by atoms with Crippen molar-refractivity contribution in [1.82, 2.24) is 0 Å². The second-order valence-electron chi connectivity index (χ2n) is 7.27. The van der Waals surface area contributed by atoms with Gasteiger partial charge in [-0.3, -0.25) is 4.79 Å². The van der Waals surface area contributed by atoms with Crippen LogP contribution in [-0.4, -0.2) is 47.8 Å². The highest BCUT2D eigenvalue weighted by Crippen LogP contribution is 2.51. The van der Waals surface area contributed by atoms with Gasteiger partial charge in [0, 0.05) is 11.5 Å². The number of fused-ring (bicyclic) bond motifs is 3. The monoisotopic (exact) mass is 444 g/mol. The first kappa shape index (κ1) is 23.2. The van der Waals surface area contributed by atoms with E-state index in [0.29, 0.717) is 30.1 Å². The van der Waals surface area contributed by atoms with Crippen LogP contribution in [-0.2, 0) is 15.9 Å². The molecule has 0 saturated heterocycles. The van der Waals surface area contributed by atoms with Gasteiger partial charge in [-0.25, -0.2) is 4.79 Å². The topological polar surface area (TPSA) is 89.5 Å². The number of rotatable bonds is 8. The van der Waals surface area contributed by atoms with Crippen LogP contribution < -0.4 is 24.4 Å². The summed E-state index contributed by atoms with van der Waals surface area (Å²) in [7, 11) is 6.10. The van der Waals surface area contributed by atoms with Gasteiger partial charge in [0.2, 0.25) is 11.2 Å². The molecule has 0 N–H and O–H groups in total. The van der Waals surface area contributed by atoms with Gasteiger partial charge in [0.25, 0.3) is 0 Å². The highest BCUT2D eigenvalue weighted by atomic mass is 16.7. The van der Waals surface area contributed by atoms with Crippen molar-refractivity contribution in [3.63, 3.8) is 0 Å². The quantitative estimate of drug-likeness (QED) is 0.566. The van der Waals surface area contributed by atoms with E-state index in [1.54, 1.807) is 27.4 Å². The van der Waals surface area contributed by atoms with Crippen LogP contribution in [0.4, 0.5) is 4.79 Å². The number of hydrogen-bond donors (Lipinski definition) is 0. The lowest BCUT2D eigenvalue weighted by Gasteiger charge is -2.29. The van der Waals surface area contributed by atoms with E-state index in [4.69, 9.17) is 28.4 Å². The van der Waals surface area contributed by atoms with Crippen molar-refractivity contribution in [1.29, 1.82) is 0 Å². The van der Waals surface area contributed by atoms with Crippen LogP contribution in [0.15, 0.2) is 29.1 Å². The minimum Gasteiger partial charge on any atom is -0.493 e. The Hall–Kier alpha value is -3.42. The van der Waals surface area contributed by atoms with Crippen molar-refractivity contribution >= 4 is 6.16 Å². The molecule has 1 atom stereocenters. The summed E-state index contributed by atoms with van der Waals surface area (Å²) in [4.78, 5) is 24.6. The minimum atomic E-state index is -0.732. The van der Waals surface area contributed by atoms with E-state index < -0.39 is 6.16 Å². The molecule has 0 aliphatic heterocycles. The maximum atomic E-state index is 12.7. The average molecular weight is 444 g/mol. The SMILES string of the molecule is CCCOC(=O)OC[C@H]1Cc2cc(OC)c(OC)c(OC)c2-c2ccc(OC)c(=O)cc21. The molecule has 0 aromatic heterocycles. The smallest absolute Gasteiger partial charge is 0.493 e. The molecule has 2 aromatic rings. The van der Waals surface area contributed by atoms with Crippen LogP contribution in [0.25, 0.3) is 11.1 Å². The van der Waals surface area contributed by atoms with E-state index in [9.17, 15) is 9.59 Å². The molecule has 0 amide bonds. The molecule has 0 heterocycles. The van der Waals surface area contributed by atoms with Crippen molar-refractivity contribution in [3.8, 4) is 34.1 Å². The molecule has 8 heteroatoms. The molecule has 0 bridgehead atoms. The van der Waals surface area contributed by atoms with Gasteiger partial charge >= 0.3 is 6.16 Å². The summed E-state index contributed by atoms with van der Waals surface area (Å²) in [6.07, 6.45) is 0.460. The molecule has 1 aliphatic rings. The first-order chi connectivity index (χ1) is 15.5. The highest BCUT2D eigenvalue weighted by molar-refractivity contribution is 5.83. The van der Waals surface area contributed by atoms with Crippen LogP contribution in [0.3, 0.4) is 0 Å². The maximum absolute atomic E-state index is 12.7. The lowest BCUT2D eigenvalue weighted by atomic mass is 9.79. The summed E-state index contributed by atoms with van der Waals surface area (Å²) in [6, 6.07) is 6.84. The standard InChI is InChI=1S/C24H28O8/c1-6-9-31-24(26)32-13-15-10-14-11-20(28-3)22(29-4)23(30-5)21(14)16-7-8-19(27-2)18(25)12-17(15)16/h7-8,11-12,15H,6,9-10,13H2,1-5H3/t15-/m1/s1. The lowest BCUT2D eigenvalue weighted by Crippen LogP contribution is -2.20. The first-order valence-corrected chi connectivity index (χ1v) is 10.3. The fraction of sp³-hybridized carbons (Fsp3) is 0.417. The molecule has 172 valence electrons. The normalized spacial score (nSPS) is 14.0. The summed E-state index contributed by atoms with van der Waals surface area (Å²) in [5.74, 6) is 1.42. The zero-order valence-corrected chi connectivity index (χ0v) is 19.0. The Morgan fingerprint density at radius 3 is 2.28 bits per heavy atom. The van der Waals surface area contributed by atoms with Crippen molar-refractivity contribution < 1.29 is 33.2 Å². The second-order valence-corrected chi connectivity index (χ2v) is 7.27. The fourth-order valence-corrected chi connectivity index (χ4v) is 3.94. The van der Waals surface area contributed by atoms with Gasteiger partial charge in [-0.15, -0.1) is 0 Å². The van der Waals surface area contributed by atoms with E-state index in [-0.39, 0.29) is 30.3 Å². The van der Waals surface area contributed by atoms with Gasteiger partial charge in [0.1, 0.15) is 6.61 Å². The highest BCUT2D eigenvalue weighted by Gasteiger charge is 2.32. The van der Waals surface area contributed by atoms with Crippen molar-refractivity contribution in [3.05, 3.63) is 45.6 Å². The zero-order valence-electron chi connectivity index (χ0n) is 19.0. The Morgan fingerprint density at radius 1 is 0.938 bits per heavy atom. The van der Waals surface area contributed by atoms with E-state index >= 15 is 0 Å². The predicted octanol–water partition coefficient (Wildman–Crippen LogP) is 3.95. The van der Waals surface area contributed by atoms with E-state index in [0.717, 1.165) is 22.3 Å². The summed E-state index contributed by atoms with van der Waals surface area (Å²) < 4.78 is 32.4. The number of ether oxygens (including phenoxy) is 6. The van der Waals surface area contributed by atoms with Gasteiger partial charge in [0.15, 0.2) is 17.2 Å². The fourth-order valence-electron chi connectivity index (χ4n) is 3.94. The molecular weight excluding hydrogens is 416 g/mol. The minimum absolute atomic E-state index is 0.0530. The number of carbonyl (C=O) groups is 1. The lowest BCUT2D eigenvalue weighted by molar-refractivity contribution is 0.0508. The number of carbonyl (C=O) groups excluding carboxylic acids is 1. The largest absolute Gasteiger partial charge is 0.508 e. The number of benzene rings is 1. The molecule has 0 saturated carbocycles. The Labute approximate surface area is 187 Å². The molecule has 8 nitrogen and oxygen atoms in total. The third-order valence-electron chi connectivity index (χ3n) is 5.38. The zero-order chi connectivity index (χ0) is 23.3. The predicted molar refractivity (Wildman–Crippen MR) is 118 cm³/mol. The van der Waals surface area contributed by atoms with Gasteiger partial charge in [-0.1, -0.05) is 13.0 Å². The van der Waals surface area contributed by atoms with E-state index in [1.165, 1.54) is 13.2 Å². The van der Waals surface area contributed by atoms with Gasteiger partial charge in [-0.05, 0) is 47.7 Å². The molecule has 32 heavy (non-hydrogen) atoms. The van der Waals surface area contributed by atoms with Crippen LogP contribution in [0.2, 0.25) is 0 Å². The number of methoxy groups -OCH3 is 4. The molecule has 0 spiro atoms. The Bertz CT molecular complexity index is 1050. The van der Waals surface area contributed by atoms with Crippen molar-refractivity contribution in [2.24, 2.45) is 0 Å². The summed E-state index contributed by atoms with van der Waals surface area (Å²) in [5, 5.41) is 0. The van der Waals surface area contributed by atoms with Crippen LogP contribution >= 0.6 is 0 Å². The third-order valence-corrected chi connectivity index (χ3v) is 5.38. The van der Waals surface area contributed by atoms with E-state index in [1.807, 2.05) is 19.1 Å². The summed E-state index contributed by atoms with van der Waals surface area (Å²) in [5.41, 5.74) is 2.93. The molecular formula is C24H28O8. The van der Waals surface area contributed by atoms with Gasteiger partial charge < -0.3 is 28.4 Å². The Morgan fingerprint density at radius 2 is 1.66 bits per heavy atom. The first-order valence-electron chi connectivity index (χ1n) is 10.3. The second kappa shape index (κ2) is 10.3. The average Bonchev–Trinajstić information content (AvgIpc) is 2.97. The molecule has 0 fully saturated rings. The number of hydrogen-bond acceptors (Lipinski definition) is 8. The Balaban J connectivity index is 2.17. The molecule has 1 aliphatic carbocycles. The summed E-state index contributed by atoms with van der Waals surface area (Å²) in [6.45, 7) is 2.24.